The van der Waals surface area contributed by atoms with Gasteiger partial charge in [-0.15, -0.1) is 0 Å². The molecule has 4 rings (SSSR count). The van der Waals surface area contributed by atoms with Crippen molar-refractivity contribution in [1.82, 2.24) is 10.1 Å². The van der Waals surface area contributed by atoms with E-state index in [9.17, 15) is 4.39 Å². The van der Waals surface area contributed by atoms with E-state index in [1.165, 1.54) is 12.1 Å². The Balaban J connectivity index is 1.23. The van der Waals surface area contributed by atoms with Gasteiger partial charge in [0.1, 0.15) is 17.3 Å². The fourth-order valence-corrected chi connectivity index (χ4v) is 4.25. The van der Waals surface area contributed by atoms with Gasteiger partial charge in [0.25, 0.3) is 0 Å². The van der Waals surface area contributed by atoms with Crippen LogP contribution < -0.4 is 9.47 Å². The predicted molar refractivity (Wildman–Crippen MR) is 119 cm³/mol. The van der Waals surface area contributed by atoms with E-state index in [0.29, 0.717) is 29.6 Å². The van der Waals surface area contributed by atoms with Crippen LogP contribution in [0.25, 0.3) is 11.0 Å². The minimum Gasteiger partial charge on any atom is -0.496 e. The molecule has 1 fully saturated rings. The summed E-state index contributed by atoms with van der Waals surface area (Å²) in [7, 11) is 1.58. The highest BCUT2D eigenvalue weighted by Gasteiger charge is 2.25. The molecule has 2 aromatic carbocycles. The summed E-state index contributed by atoms with van der Waals surface area (Å²) in [6.07, 6.45) is 2.92. The molecule has 170 valence electrons. The smallest absolute Gasteiger partial charge is 0.170 e. The molecule has 1 N–H and O–H groups in total. The number of halogens is 1. The van der Waals surface area contributed by atoms with Crippen molar-refractivity contribution in [2.75, 3.05) is 33.4 Å². The SMILES string of the molecule is COc1cc(OCCCN2CCC(c3noc4cc(F)ccc34)CC2)ccc1C(C)=NO. The summed E-state index contributed by atoms with van der Waals surface area (Å²) in [5.74, 6) is 1.37. The van der Waals surface area contributed by atoms with Gasteiger partial charge in [-0.1, -0.05) is 10.3 Å². The van der Waals surface area contributed by atoms with Crippen molar-refractivity contribution in [1.29, 1.82) is 0 Å². The van der Waals surface area contributed by atoms with Gasteiger partial charge in [0.05, 0.1) is 25.1 Å². The second-order valence-electron chi connectivity index (χ2n) is 8.07. The van der Waals surface area contributed by atoms with Crippen LogP contribution in [0.4, 0.5) is 4.39 Å². The van der Waals surface area contributed by atoms with Crippen LogP contribution in [0.1, 0.15) is 43.4 Å². The van der Waals surface area contributed by atoms with E-state index in [2.05, 4.69) is 15.2 Å². The van der Waals surface area contributed by atoms with E-state index in [4.69, 9.17) is 19.2 Å². The number of hydrogen-bond acceptors (Lipinski definition) is 7. The Morgan fingerprint density at radius 1 is 1.25 bits per heavy atom. The molecular weight excluding hydrogens is 413 g/mol. The molecule has 0 atom stereocenters. The number of benzene rings is 2. The highest BCUT2D eigenvalue weighted by molar-refractivity contribution is 6.00. The van der Waals surface area contributed by atoms with Crippen molar-refractivity contribution in [3.63, 3.8) is 0 Å². The second kappa shape index (κ2) is 9.99. The zero-order valence-electron chi connectivity index (χ0n) is 18.4. The third-order valence-electron chi connectivity index (χ3n) is 6.04. The van der Waals surface area contributed by atoms with Crippen LogP contribution >= 0.6 is 0 Å². The minimum absolute atomic E-state index is 0.305. The Kier molecular flexibility index (Phi) is 6.90. The number of fused-ring (bicyclic) bond motifs is 1. The quantitative estimate of drug-likeness (QED) is 0.234. The van der Waals surface area contributed by atoms with Crippen LogP contribution in [0.3, 0.4) is 0 Å². The van der Waals surface area contributed by atoms with Crippen LogP contribution in [0.15, 0.2) is 46.1 Å². The normalized spacial score (nSPS) is 15.9. The molecule has 1 aromatic heterocycles. The monoisotopic (exact) mass is 441 g/mol. The molecule has 0 amide bonds. The molecule has 1 aliphatic heterocycles. The number of methoxy groups -OCH3 is 1. The molecule has 7 nitrogen and oxygen atoms in total. The number of likely N-dealkylation sites (tertiary alicyclic amines) is 1. The average Bonchev–Trinajstić information content (AvgIpc) is 3.24. The average molecular weight is 442 g/mol. The fraction of sp³-hybridized carbons (Fsp3) is 0.417. The molecule has 2 heterocycles. The zero-order chi connectivity index (χ0) is 22.5. The Hall–Kier alpha value is -3.13. The minimum atomic E-state index is -0.305. The summed E-state index contributed by atoms with van der Waals surface area (Å²) in [5.41, 5.74) is 2.68. The van der Waals surface area contributed by atoms with Crippen molar-refractivity contribution in [2.24, 2.45) is 5.16 Å². The van der Waals surface area contributed by atoms with Gasteiger partial charge >= 0.3 is 0 Å². The number of ether oxygens (including phenoxy) is 2. The van der Waals surface area contributed by atoms with Crippen molar-refractivity contribution < 1.29 is 23.6 Å². The number of oxime groups is 1. The molecule has 0 saturated carbocycles. The van der Waals surface area contributed by atoms with Gasteiger partial charge in [-0.2, -0.15) is 0 Å². The first-order valence-corrected chi connectivity index (χ1v) is 10.9. The number of piperidine rings is 1. The fourth-order valence-electron chi connectivity index (χ4n) is 4.25. The second-order valence-corrected chi connectivity index (χ2v) is 8.07. The van der Waals surface area contributed by atoms with Gasteiger partial charge in [0.2, 0.25) is 0 Å². The molecular formula is C24H28FN3O4. The van der Waals surface area contributed by atoms with Crippen LogP contribution in [0, 0.1) is 5.82 Å². The van der Waals surface area contributed by atoms with E-state index in [1.807, 2.05) is 18.2 Å². The maximum atomic E-state index is 13.4. The summed E-state index contributed by atoms with van der Waals surface area (Å²) in [6, 6.07) is 10.1. The van der Waals surface area contributed by atoms with Crippen LogP contribution in [0.2, 0.25) is 0 Å². The maximum absolute atomic E-state index is 13.4. The van der Waals surface area contributed by atoms with E-state index in [0.717, 1.165) is 61.3 Å². The van der Waals surface area contributed by atoms with Crippen LogP contribution in [0.5, 0.6) is 11.5 Å². The van der Waals surface area contributed by atoms with Crippen molar-refractivity contribution >= 4 is 16.7 Å². The maximum Gasteiger partial charge on any atom is 0.170 e. The number of hydrogen-bond donors (Lipinski definition) is 1. The molecule has 8 heteroatoms. The van der Waals surface area contributed by atoms with Gasteiger partial charge in [0, 0.05) is 35.5 Å². The lowest BCUT2D eigenvalue weighted by Crippen LogP contribution is -2.34. The Morgan fingerprint density at radius 2 is 2.06 bits per heavy atom. The van der Waals surface area contributed by atoms with Crippen molar-refractivity contribution in [2.45, 2.75) is 32.1 Å². The largest absolute Gasteiger partial charge is 0.496 e. The molecule has 0 unspecified atom stereocenters. The molecule has 1 saturated heterocycles. The van der Waals surface area contributed by atoms with Gasteiger partial charge in [-0.25, -0.2) is 4.39 Å². The molecule has 0 aliphatic carbocycles. The topological polar surface area (TPSA) is 80.3 Å². The van der Waals surface area contributed by atoms with Gasteiger partial charge in [-0.3, -0.25) is 0 Å². The summed E-state index contributed by atoms with van der Waals surface area (Å²) >= 11 is 0. The summed E-state index contributed by atoms with van der Waals surface area (Å²) in [5, 5.41) is 17.3. The Morgan fingerprint density at radius 3 is 2.81 bits per heavy atom. The van der Waals surface area contributed by atoms with E-state index in [-0.39, 0.29) is 5.82 Å². The summed E-state index contributed by atoms with van der Waals surface area (Å²) < 4.78 is 30.0. The highest BCUT2D eigenvalue weighted by Crippen LogP contribution is 2.33. The molecule has 1 aliphatic rings. The first-order valence-electron chi connectivity index (χ1n) is 10.9. The molecule has 0 radical (unpaired) electrons. The Labute approximate surface area is 186 Å². The standard InChI is InChI=1S/C24H28FN3O4/c1-16(26-29)20-7-5-19(15-22(20)30-2)31-13-3-10-28-11-8-17(9-12-28)24-21-6-4-18(25)14-23(21)32-27-24/h4-7,14-15,17,29H,3,8-13H2,1-2H3. The van der Waals surface area contributed by atoms with Crippen LogP contribution in [-0.4, -0.2) is 54.3 Å². The third kappa shape index (κ3) is 4.85. The first kappa shape index (κ1) is 22.1. The lowest BCUT2D eigenvalue weighted by atomic mass is 9.91. The third-order valence-corrected chi connectivity index (χ3v) is 6.04. The Bertz CT molecular complexity index is 1090. The zero-order valence-corrected chi connectivity index (χ0v) is 18.4. The number of nitrogens with zero attached hydrogens (tertiary/aromatic N) is 3. The summed E-state index contributed by atoms with van der Waals surface area (Å²) in [6.45, 7) is 5.26. The lowest BCUT2D eigenvalue weighted by molar-refractivity contribution is 0.190. The summed E-state index contributed by atoms with van der Waals surface area (Å²) in [4.78, 5) is 2.44. The number of aromatic nitrogens is 1. The van der Waals surface area contributed by atoms with Gasteiger partial charge < -0.3 is 24.1 Å². The first-order chi connectivity index (χ1) is 15.6. The lowest BCUT2D eigenvalue weighted by Gasteiger charge is -2.31. The van der Waals surface area contributed by atoms with E-state index < -0.39 is 0 Å². The molecule has 0 bridgehead atoms. The van der Waals surface area contributed by atoms with E-state index in [1.54, 1.807) is 20.1 Å². The van der Waals surface area contributed by atoms with Crippen molar-refractivity contribution in [3.05, 3.63) is 53.5 Å². The molecule has 32 heavy (non-hydrogen) atoms. The number of rotatable bonds is 8. The molecule has 3 aromatic rings. The van der Waals surface area contributed by atoms with Gasteiger partial charge in [0.15, 0.2) is 5.58 Å². The van der Waals surface area contributed by atoms with Gasteiger partial charge in [-0.05, 0) is 63.5 Å². The molecule has 0 spiro atoms. The van der Waals surface area contributed by atoms with E-state index >= 15 is 0 Å². The highest BCUT2D eigenvalue weighted by atomic mass is 19.1. The predicted octanol–water partition coefficient (Wildman–Crippen LogP) is 4.82. The van der Waals surface area contributed by atoms with Crippen molar-refractivity contribution in [3.8, 4) is 11.5 Å². The van der Waals surface area contributed by atoms with Crippen LogP contribution in [-0.2, 0) is 0 Å².